The van der Waals surface area contributed by atoms with Crippen molar-refractivity contribution in [1.29, 1.82) is 0 Å². The van der Waals surface area contributed by atoms with Crippen LogP contribution < -0.4 is 5.32 Å². The van der Waals surface area contributed by atoms with Gasteiger partial charge in [0.2, 0.25) is 0 Å². The van der Waals surface area contributed by atoms with E-state index in [9.17, 15) is 4.79 Å². The molecule has 4 rings (SSSR count). The van der Waals surface area contributed by atoms with Gasteiger partial charge in [-0.25, -0.2) is 9.67 Å². The third kappa shape index (κ3) is 3.50. The Labute approximate surface area is 161 Å². The predicted molar refractivity (Wildman–Crippen MR) is 102 cm³/mol. The van der Waals surface area contributed by atoms with Crippen LogP contribution in [0.3, 0.4) is 0 Å². The van der Waals surface area contributed by atoms with Crippen LogP contribution in [0.2, 0.25) is 0 Å². The number of rotatable bonds is 5. The van der Waals surface area contributed by atoms with Gasteiger partial charge in [-0.3, -0.25) is 4.79 Å². The van der Waals surface area contributed by atoms with Crippen LogP contribution in [0.25, 0.3) is 5.69 Å². The average Bonchev–Trinajstić information content (AvgIpc) is 3.39. The van der Waals surface area contributed by atoms with E-state index in [4.69, 9.17) is 0 Å². The van der Waals surface area contributed by atoms with Crippen LogP contribution in [0.4, 0.5) is 5.69 Å². The quantitative estimate of drug-likeness (QED) is 0.574. The van der Waals surface area contributed by atoms with Gasteiger partial charge in [0, 0.05) is 5.69 Å². The van der Waals surface area contributed by atoms with Crippen molar-refractivity contribution >= 4 is 11.6 Å². The number of nitrogens with zero attached hydrogens (tertiary/aromatic N) is 7. The lowest BCUT2D eigenvalue weighted by molar-refractivity contribution is 0.102. The second kappa shape index (κ2) is 7.39. The zero-order valence-electron chi connectivity index (χ0n) is 15.4. The molecule has 0 saturated carbocycles. The molecule has 2 aromatic carbocycles. The van der Waals surface area contributed by atoms with Crippen molar-refractivity contribution in [2.75, 3.05) is 5.32 Å². The molecule has 0 bridgehead atoms. The van der Waals surface area contributed by atoms with Crippen molar-refractivity contribution < 1.29 is 4.79 Å². The largest absolute Gasteiger partial charge is 0.322 e. The first kappa shape index (κ1) is 17.5. The highest BCUT2D eigenvalue weighted by Gasteiger charge is 2.17. The van der Waals surface area contributed by atoms with Crippen molar-refractivity contribution in [1.82, 2.24) is 35.0 Å². The maximum absolute atomic E-state index is 12.9. The summed E-state index contributed by atoms with van der Waals surface area (Å²) in [7, 11) is 0. The number of amides is 1. The van der Waals surface area contributed by atoms with E-state index in [0.29, 0.717) is 23.5 Å². The number of anilines is 1. The normalized spacial score (nSPS) is 10.8. The van der Waals surface area contributed by atoms with Gasteiger partial charge >= 0.3 is 0 Å². The number of carbonyl (C=O) groups is 1. The van der Waals surface area contributed by atoms with Crippen molar-refractivity contribution in [3.05, 3.63) is 77.6 Å². The fourth-order valence-corrected chi connectivity index (χ4v) is 2.94. The highest BCUT2D eigenvalue weighted by Crippen LogP contribution is 2.23. The molecule has 0 saturated heterocycles. The second-order valence-electron chi connectivity index (χ2n) is 6.40. The summed E-state index contributed by atoms with van der Waals surface area (Å²) in [4.78, 5) is 16.8. The van der Waals surface area contributed by atoms with Gasteiger partial charge in [-0.05, 0) is 59.2 Å². The Balaban J connectivity index is 1.56. The lowest BCUT2D eigenvalue weighted by Gasteiger charge is -2.14. The average molecular weight is 374 g/mol. The van der Waals surface area contributed by atoms with Crippen molar-refractivity contribution in [2.45, 2.75) is 20.4 Å². The number of aryl methyl sites for hydroxylation is 1. The Morgan fingerprint density at radius 3 is 2.57 bits per heavy atom. The lowest BCUT2D eigenvalue weighted by Crippen LogP contribution is -2.17. The van der Waals surface area contributed by atoms with Crippen molar-refractivity contribution in [3.8, 4) is 5.69 Å². The summed E-state index contributed by atoms with van der Waals surface area (Å²) in [5, 5.41) is 18.3. The number of tetrazole rings is 1. The molecule has 9 heteroatoms. The first-order valence-electron chi connectivity index (χ1n) is 8.68. The maximum atomic E-state index is 12.9. The Hall–Kier alpha value is -3.88. The van der Waals surface area contributed by atoms with E-state index in [0.717, 1.165) is 16.7 Å². The lowest BCUT2D eigenvalue weighted by atomic mass is 10.0. The van der Waals surface area contributed by atoms with E-state index in [1.165, 1.54) is 17.3 Å². The number of hydrogen-bond donors (Lipinski definition) is 1. The molecule has 0 radical (unpaired) electrons. The zero-order chi connectivity index (χ0) is 19.5. The molecule has 2 heterocycles. The maximum Gasteiger partial charge on any atom is 0.257 e. The van der Waals surface area contributed by atoms with Crippen molar-refractivity contribution in [2.24, 2.45) is 0 Å². The Bertz CT molecular complexity index is 1090. The van der Waals surface area contributed by atoms with Gasteiger partial charge in [-0.15, -0.1) is 5.10 Å². The van der Waals surface area contributed by atoms with Gasteiger partial charge in [0.25, 0.3) is 5.91 Å². The van der Waals surface area contributed by atoms with Gasteiger partial charge in [-0.2, -0.15) is 9.78 Å². The monoisotopic (exact) mass is 374 g/mol. The van der Waals surface area contributed by atoms with Crippen LogP contribution in [-0.2, 0) is 6.54 Å². The third-order valence-corrected chi connectivity index (χ3v) is 4.55. The minimum absolute atomic E-state index is 0.224. The fraction of sp³-hybridized carbons (Fsp3) is 0.158. The number of aromatic nitrogens is 7. The van der Waals surface area contributed by atoms with E-state index >= 15 is 0 Å². The summed E-state index contributed by atoms with van der Waals surface area (Å²) in [6.45, 7) is 4.55. The molecule has 0 aliphatic heterocycles. The van der Waals surface area contributed by atoms with Gasteiger partial charge in [-0.1, -0.05) is 18.2 Å². The van der Waals surface area contributed by atoms with Gasteiger partial charge in [0.05, 0.1) is 17.8 Å². The van der Waals surface area contributed by atoms with Crippen molar-refractivity contribution in [3.63, 3.8) is 0 Å². The first-order valence-corrected chi connectivity index (χ1v) is 8.68. The highest BCUT2D eigenvalue weighted by atomic mass is 16.1. The van der Waals surface area contributed by atoms with Crippen LogP contribution in [0.1, 0.15) is 27.0 Å². The molecule has 1 N–H and O–H groups in total. The third-order valence-electron chi connectivity index (χ3n) is 4.55. The zero-order valence-corrected chi connectivity index (χ0v) is 15.4. The summed E-state index contributed by atoms with van der Waals surface area (Å²) in [5.41, 5.74) is 4.94. The molecule has 0 unspecified atom stereocenters. The molecule has 2 aromatic heterocycles. The molecular weight excluding hydrogens is 356 g/mol. The van der Waals surface area contributed by atoms with E-state index in [1.54, 1.807) is 17.1 Å². The molecule has 9 nitrogen and oxygen atoms in total. The molecule has 0 aliphatic carbocycles. The topological polar surface area (TPSA) is 103 Å². The van der Waals surface area contributed by atoms with Crippen LogP contribution in [0.5, 0.6) is 0 Å². The molecular formula is C19H18N8O. The molecule has 0 aliphatic rings. The summed E-state index contributed by atoms with van der Waals surface area (Å²) >= 11 is 0. The number of nitrogens with one attached hydrogen (secondary N) is 1. The molecule has 0 fully saturated rings. The van der Waals surface area contributed by atoms with E-state index in [1.807, 2.05) is 44.2 Å². The van der Waals surface area contributed by atoms with Crippen LogP contribution in [0.15, 0.2) is 55.4 Å². The van der Waals surface area contributed by atoms with Gasteiger partial charge in [0.15, 0.2) is 0 Å². The molecule has 1 amide bonds. The van der Waals surface area contributed by atoms with E-state index < -0.39 is 0 Å². The van der Waals surface area contributed by atoms with Crippen LogP contribution in [0, 0.1) is 13.8 Å². The fourth-order valence-electron chi connectivity index (χ4n) is 2.94. The first-order chi connectivity index (χ1) is 13.6. The summed E-state index contributed by atoms with van der Waals surface area (Å²) < 4.78 is 3.25. The summed E-state index contributed by atoms with van der Waals surface area (Å²) in [5.74, 6) is -0.224. The Morgan fingerprint density at radius 1 is 1.07 bits per heavy atom. The summed E-state index contributed by atoms with van der Waals surface area (Å²) in [6, 6.07) is 11.3. The molecule has 0 atom stereocenters. The summed E-state index contributed by atoms with van der Waals surface area (Å²) in [6.07, 6.45) is 4.65. The van der Waals surface area contributed by atoms with Crippen LogP contribution in [-0.4, -0.2) is 40.9 Å². The smallest absolute Gasteiger partial charge is 0.257 e. The van der Waals surface area contributed by atoms with E-state index in [-0.39, 0.29) is 5.91 Å². The molecule has 140 valence electrons. The molecule has 0 spiro atoms. The SMILES string of the molecule is Cc1ccc(C(=O)Nc2ccc(Cn3cncn3)cc2)c(-n2cnnn2)c1C. The Kier molecular flexibility index (Phi) is 4.63. The van der Waals surface area contributed by atoms with Crippen LogP contribution >= 0.6 is 0 Å². The number of carbonyl (C=O) groups excluding carboxylic acids is 1. The number of benzene rings is 2. The predicted octanol–water partition coefficient (Wildman–Crippen LogP) is 2.17. The second-order valence-corrected chi connectivity index (χ2v) is 6.40. The van der Waals surface area contributed by atoms with Gasteiger partial charge in [0.1, 0.15) is 19.0 Å². The minimum atomic E-state index is -0.224. The Morgan fingerprint density at radius 2 is 1.89 bits per heavy atom. The molecule has 28 heavy (non-hydrogen) atoms. The minimum Gasteiger partial charge on any atom is -0.322 e. The standard InChI is InChI=1S/C19H18N8O/c1-13-3-8-17(18(14(13)2)27-12-21-24-25-27)19(28)23-16-6-4-15(5-7-16)9-26-11-20-10-22-26/h3-8,10-12H,9H2,1-2H3,(H,23,28). The van der Waals surface area contributed by atoms with Gasteiger partial charge < -0.3 is 5.32 Å². The van der Waals surface area contributed by atoms with E-state index in [2.05, 4.69) is 30.9 Å². The number of hydrogen-bond acceptors (Lipinski definition) is 6. The highest BCUT2D eigenvalue weighted by molar-refractivity contribution is 6.07. The molecule has 4 aromatic rings.